The summed E-state index contributed by atoms with van der Waals surface area (Å²) in [5.41, 5.74) is -0.546. The van der Waals surface area contributed by atoms with Crippen molar-refractivity contribution >= 4 is 24.2 Å². The minimum absolute atomic E-state index is 0. The van der Waals surface area contributed by atoms with E-state index in [2.05, 4.69) is 33.0 Å². The monoisotopic (exact) mass is 427 g/mol. The fourth-order valence-electron chi connectivity index (χ4n) is 4.36. The van der Waals surface area contributed by atoms with Crippen molar-refractivity contribution in [1.82, 2.24) is 26.1 Å². The van der Waals surface area contributed by atoms with Crippen LogP contribution in [-0.2, 0) is 21.5 Å². The molecule has 1 aliphatic carbocycles. The van der Waals surface area contributed by atoms with Crippen LogP contribution in [0.2, 0.25) is 0 Å². The maximum atomic E-state index is 12.3. The van der Waals surface area contributed by atoms with Crippen molar-refractivity contribution in [3.63, 3.8) is 0 Å². The number of amides is 2. The Hall–Kier alpha value is -1.67. The molecule has 2 heterocycles. The van der Waals surface area contributed by atoms with E-state index in [4.69, 9.17) is 4.52 Å². The van der Waals surface area contributed by atoms with Gasteiger partial charge in [-0.25, -0.2) is 0 Å². The van der Waals surface area contributed by atoms with Gasteiger partial charge in [-0.15, -0.1) is 12.4 Å². The van der Waals surface area contributed by atoms with Gasteiger partial charge >= 0.3 is 0 Å². The zero-order valence-electron chi connectivity index (χ0n) is 17.5. The SMILES string of the molecule is CC(=O)NC1(c2noc(CCC(=O)NC3CCCNC3C)n2)CCCCCC1.Cl. The summed E-state index contributed by atoms with van der Waals surface area (Å²) in [4.78, 5) is 28.6. The molecule has 2 unspecified atom stereocenters. The van der Waals surface area contributed by atoms with Gasteiger partial charge in [0.05, 0.1) is 0 Å². The number of piperidine rings is 1. The molecule has 2 atom stereocenters. The Morgan fingerprint density at radius 1 is 1.21 bits per heavy atom. The van der Waals surface area contributed by atoms with Crippen LogP contribution in [0.5, 0.6) is 0 Å². The predicted molar refractivity (Wildman–Crippen MR) is 112 cm³/mol. The first-order valence-corrected chi connectivity index (χ1v) is 10.6. The molecule has 2 aliphatic rings. The van der Waals surface area contributed by atoms with Gasteiger partial charge in [0.2, 0.25) is 17.7 Å². The molecule has 2 amide bonds. The predicted octanol–water partition coefficient (Wildman–Crippen LogP) is 2.37. The van der Waals surface area contributed by atoms with Crippen LogP contribution in [0.1, 0.15) is 83.3 Å². The van der Waals surface area contributed by atoms with E-state index in [0.29, 0.717) is 30.6 Å². The van der Waals surface area contributed by atoms with Crippen LogP contribution in [0.4, 0.5) is 0 Å². The Morgan fingerprint density at radius 2 is 1.93 bits per heavy atom. The van der Waals surface area contributed by atoms with E-state index in [1.54, 1.807) is 0 Å². The minimum atomic E-state index is -0.546. The lowest BCUT2D eigenvalue weighted by Crippen LogP contribution is -2.51. The summed E-state index contributed by atoms with van der Waals surface area (Å²) in [5.74, 6) is 0.924. The number of hydrogen-bond acceptors (Lipinski definition) is 6. The molecule has 0 aromatic carbocycles. The van der Waals surface area contributed by atoms with Gasteiger partial charge in [-0.1, -0.05) is 30.8 Å². The number of nitrogens with one attached hydrogen (secondary N) is 3. The van der Waals surface area contributed by atoms with E-state index in [9.17, 15) is 9.59 Å². The van der Waals surface area contributed by atoms with Crippen LogP contribution in [0.3, 0.4) is 0 Å². The highest BCUT2D eigenvalue weighted by molar-refractivity contribution is 5.85. The van der Waals surface area contributed by atoms with Crippen molar-refractivity contribution in [3.8, 4) is 0 Å². The smallest absolute Gasteiger partial charge is 0.227 e. The van der Waals surface area contributed by atoms with Crippen molar-refractivity contribution in [2.75, 3.05) is 6.54 Å². The van der Waals surface area contributed by atoms with E-state index in [1.807, 2.05) is 0 Å². The lowest BCUT2D eigenvalue weighted by atomic mass is 9.89. The summed E-state index contributed by atoms with van der Waals surface area (Å²) < 4.78 is 5.42. The van der Waals surface area contributed by atoms with E-state index >= 15 is 0 Å². The molecule has 1 aromatic heterocycles. The van der Waals surface area contributed by atoms with E-state index in [1.165, 1.54) is 6.92 Å². The molecule has 1 saturated carbocycles. The number of hydrogen-bond donors (Lipinski definition) is 3. The van der Waals surface area contributed by atoms with Crippen molar-refractivity contribution in [2.45, 2.75) is 95.7 Å². The minimum Gasteiger partial charge on any atom is -0.352 e. The molecule has 164 valence electrons. The fourth-order valence-corrected chi connectivity index (χ4v) is 4.36. The summed E-state index contributed by atoms with van der Waals surface area (Å²) in [6, 6.07) is 0.467. The van der Waals surface area contributed by atoms with Crippen molar-refractivity contribution in [1.29, 1.82) is 0 Å². The molecule has 1 aliphatic heterocycles. The third-order valence-corrected chi connectivity index (χ3v) is 5.94. The van der Waals surface area contributed by atoms with Crippen LogP contribution in [0.15, 0.2) is 4.52 Å². The molecule has 29 heavy (non-hydrogen) atoms. The summed E-state index contributed by atoms with van der Waals surface area (Å²) in [6.07, 6.45) is 8.80. The normalized spacial score (nSPS) is 24.1. The summed E-state index contributed by atoms with van der Waals surface area (Å²) in [7, 11) is 0. The second-order valence-electron chi connectivity index (χ2n) is 8.25. The average Bonchev–Trinajstić information content (AvgIpc) is 3.02. The second-order valence-corrected chi connectivity index (χ2v) is 8.25. The van der Waals surface area contributed by atoms with Crippen LogP contribution >= 0.6 is 12.4 Å². The molecule has 0 radical (unpaired) electrons. The lowest BCUT2D eigenvalue weighted by molar-refractivity contribution is -0.122. The molecule has 2 fully saturated rings. The maximum Gasteiger partial charge on any atom is 0.227 e. The number of carbonyl (C=O) groups is 2. The Kier molecular flexibility index (Phi) is 8.89. The van der Waals surface area contributed by atoms with Gasteiger partial charge in [0.25, 0.3) is 0 Å². The second kappa shape index (κ2) is 10.9. The fraction of sp³-hybridized carbons (Fsp3) is 0.800. The standard InChI is InChI=1S/C20H33N5O3.ClH/c1-14-16(8-7-13-21-14)22-17(27)9-10-18-23-19(25-28-18)20(24-15(2)26)11-5-3-4-6-12-20;/h14,16,21H,3-13H2,1-2H3,(H,22,27)(H,24,26);1H. The highest BCUT2D eigenvalue weighted by Crippen LogP contribution is 2.34. The van der Waals surface area contributed by atoms with E-state index in [-0.39, 0.29) is 30.3 Å². The Bertz CT molecular complexity index is 673. The van der Waals surface area contributed by atoms with Gasteiger partial charge in [0.15, 0.2) is 5.82 Å². The van der Waals surface area contributed by atoms with Gasteiger partial charge in [-0.05, 0) is 39.2 Å². The third kappa shape index (κ3) is 6.40. The largest absolute Gasteiger partial charge is 0.352 e. The number of aromatic nitrogens is 2. The summed E-state index contributed by atoms with van der Waals surface area (Å²) in [5, 5.41) is 13.7. The van der Waals surface area contributed by atoms with E-state index < -0.39 is 5.54 Å². The van der Waals surface area contributed by atoms with Gasteiger partial charge in [0.1, 0.15) is 5.54 Å². The Labute approximate surface area is 178 Å². The summed E-state index contributed by atoms with van der Waals surface area (Å²) >= 11 is 0. The molecule has 1 aromatic rings. The van der Waals surface area contributed by atoms with Gasteiger partial charge in [-0.2, -0.15) is 4.98 Å². The molecular weight excluding hydrogens is 394 g/mol. The number of rotatable bonds is 6. The Balaban J connectivity index is 0.00000300. The maximum absolute atomic E-state index is 12.3. The first-order chi connectivity index (χ1) is 13.5. The molecule has 0 bridgehead atoms. The molecule has 0 spiro atoms. The van der Waals surface area contributed by atoms with Crippen LogP contribution in [0.25, 0.3) is 0 Å². The Morgan fingerprint density at radius 3 is 2.59 bits per heavy atom. The number of halogens is 1. The van der Waals surface area contributed by atoms with Crippen molar-refractivity contribution < 1.29 is 14.1 Å². The first kappa shape index (κ1) is 23.6. The van der Waals surface area contributed by atoms with E-state index in [0.717, 1.165) is 57.9 Å². The topological polar surface area (TPSA) is 109 Å². The highest BCUT2D eigenvalue weighted by Gasteiger charge is 2.38. The molecule has 8 nitrogen and oxygen atoms in total. The lowest BCUT2D eigenvalue weighted by Gasteiger charge is -2.30. The van der Waals surface area contributed by atoms with Gasteiger partial charge in [-0.3, -0.25) is 9.59 Å². The highest BCUT2D eigenvalue weighted by atomic mass is 35.5. The number of aryl methyl sites for hydroxylation is 1. The molecule has 3 rings (SSSR count). The number of nitrogens with zero attached hydrogens (tertiary/aromatic N) is 2. The van der Waals surface area contributed by atoms with Crippen molar-refractivity contribution in [2.24, 2.45) is 0 Å². The van der Waals surface area contributed by atoms with Gasteiger partial charge in [0, 0.05) is 31.8 Å². The van der Waals surface area contributed by atoms with Crippen LogP contribution < -0.4 is 16.0 Å². The van der Waals surface area contributed by atoms with Crippen LogP contribution in [-0.4, -0.2) is 40.6 Å². The zero-order valence-corrected chi connectivity index (χ0v) is 18.3. The van der Waals surface area contributed by atoms with Crippen molar-refractivity contribution in [3.05, 3.63) is 11.7 Å². The van der Waals surface area contributed by atoms with Gasteiger partial charge < -0.3 is 20.5 Å². The third-order valence-electron chi connectivity index (χ3n) is 5.94. The molecular formula is C20H34ClN5O3. The number of carbonyl (C=O) groups excluding carboxylic acids is 2. The van der Waals surface area contributed by atoms with Crippen LogP contribution in [0, 0.1) is 0 Å². The molecule has 1 saturated heterocycles. The molecule has 3 N–H and O–H groups in total. The first-order valence-electron chi connectivity index (χ1n) is 10.6. The molecule has 9 heteroatoms. The average molecular weight is 428 g/mol. The quantitative estimate of drug-likeness (QED) is 0.601. The zero-order chi connectivity index (χ0) is 20.0. The summed E-state index contributed by atoms with van der Waals surface area (Å²) in [6.45, 7) is 4.63.